The van der Waals surface area contributed by atoms with Gasteiger partial charge < -0.3 is 4.40 Å². The number of hydrogen-bond donors (Lipinski definition) is 0. The van der Waals surface area contributed by atoms with E-state index in [2.05, 4.69) is 140 Å². The largest absolute Gasteiger partial charge is 0.307 e. The Hall–Kier alpha value is -3.91. The molecule has 3 aromatic heterocycles. The summed E-state index contributed by atoms with van der Waals surface area (Å²) < 4.78 is 4.97. The van der Waals surface area contributed by atoms with E-state index in [-0.39, 0.29) is 0 Å². The van der Waals surface area contributed by atoms with E-state index in [1.54, 1.807) is 0 Å². The van der Waals surface area contributed by atoms with Crippen molar-refractivity contribution in [2.75, 3.05) is 0 Å². The normalized spacial score (nSPS) is 12.7. The van der Waals surface area contributed by atoms with Crippen molar-refractivity contribution in [3.8, 4) is 11.1 Å². The molecule has 218 valence electrons. The number of hydrogen-bond acceptors (Lipinski definition) is 0. The Balaban J connectivity index is 1.77. The molecule has 0 saturated carbocycles. The molecule has 2 heteroatoms. The zero-order valence-corrected chi connectivity index (χ0v) is 27.8. The van der Waals surface area contributed by atoms with Gasteiger partial charge in [0.25, 0.3) is 0 Å². The molecule has 4 aromatic carbocycles. The molecule has 7 aromatic rings. The SMILES string of the molecule is Cc1cc(C)c2c(c1)c1cc(C)c(C)c3c1n2c1cc(-c2c(C(C)C)cc(C(C)C)cc2C(C)C)cc2cc[n+](C)c3c21. The Kier molecular flexibility index (Phi) is 6.19. The summed E-state index contributed by atoms with van der Waals surface area (Å²) in [6.45, 7) is 23.2. The summed E-state index contributed by atoms with van der Waals surface area (Å²) in [5, 5.41) is 6.76. The molecule has 0 atom stereocenters. The summed E-state index contributed by atoms with van der Waals surface area (Å²) in [6.07, 6.45) is 2.27. The van der Waals surface area contributed by atoms with Crippen LogP contribution >= 0.6 is 0 Å². The van der Waals surface area contributed by atoms with Gasteiger partial charge in [0.15, 0.2) is 6.20 Å². The van der Waals surface area contributed by atoms with Crippen molar-refractivity contribution in [3.63, 3.8) is 0 Å². The summed E-state index contributed by atoms with van der Waals surface area (Å²) >= 11 is 0. The van der Waals surface area contributed by atoms with Crippen molar-refractivity contribution in [3.05, 3.63) is 93.7 Å². The molecule has 2 nitrogen and oxygen atoms in total. The van der Waals surface area contributed by atoms with Crippen LogP contribution in [0.25, 0.3) is 60.1 Å². The van der Waals surface area contributed by atoms with Crippen LogP contribution in [0.5, 0.6) is 0 Å². The first-order chi connectivity index (χ1) is 20.4. The monoisotopic (exact) mass is 565 g/mol. The summed E-state index contributed by atoms with van der Waals surface area (Å²) in [7, 11) is 2.21. The first-order valence-corrected chi connectivity index (χ1v) is 16.1. The zero-order chi connectivity index (χ0) is 30.6. The number of benzene rings is 4. The molecule has 7 rings (SSSR count). The Morgan fingerprint density at radius 2 is 1.30 bits per heavy atom. The third-order valence-electron chi connectivity index (χ3n) is 10.1. The highest BCUT2D eigenvalue weighted by Crippen LogP contribution is 2.46. The van der Waals surface area contributed by atoms with Crippen LogP contribution in [0, 0.1) is 27.7 Å². The van der Waals surface area contributed by atoms with Gasteiger partial charge in [-0.25, -0.2) is 4.57 Å². The minimum Gasteiger partial charge on any atom is -0.307 e. The lowest BCUT2D eigenvalue weighted by atomic mass is 9.81. The lowest BCUT2D eigenvalue weighted by molar-refractivity contribution is -0.643. The predicted octanol–water partition coefficient (Wildman–Crippen LogP) is 11.1. The quantitative estimate of drug-likeness (QED) is 0.114. The van der Waals surface area contributed by atoms with Crippen LogP contribution in [0.3, 0.4) is 0 Å². The van der Waals surface area contributed by atoms with E-state index in [1.165, 1.54) is 99.1 Å². The van der Waals surface area contributed by atoms with E-state index in [0.29, 0.717) is 17.8 Å². The van der Waals surface area contributed by atoms with E-state index in [1.807, 2.05) is 0 Å². The molecule has 43 heavy (non-hydrogen) atoms. The van der Waals surface area contributed by atoms with E-state index in [9.17, 15) is 0 Å². The van der Waals surface area contributed by atoms with E-state index >= 15 is 0 Å². The first kappa shape index (κ1) is 27.9. The smallest absolute Gasteiger partial charge is 0.224 e. The Bertz CT molecular complexity index is 2230. The molecular formula is C41H45N2+. The van der Waals surface area contributed by atoms with Crippen molar-refractivity contribution in [2.45, 2.75) is 87.0 Å². The molecule has 0 radical (unpaired) electrons. The molecular weight excluding hydrogens is 520 g/mol. The number of nitrogens with zero attached hydrogens (tertiary/aromatic N) is 2. The lowest BCUT2D eigenvalue weighted by Gasteiger charge is -2.24. The molecule has 0 bridgehead atoms. The second-order valence-electron chi connectivity index (χ2n) is 14.2. The van der Waals surface area contributed by atoms with Crippen molar-refractivity contribution in [1.29, 1.82) is 0 Å². The highest BCUT2D eigenvalue weighted by atomic mass is 15.0. The minimum absolute atomic E-state index is 0.429. The maximum Gasteiger partial charge on any atom is 0.224 e. The molecule has 0 N–H and O–H groups in total. The number of aromatic nitrogens is 2. The van der Waals surface area contributed by atoms with Crippen molar-refractivity contribution < 1.29 is 4.57 Å². The first-order valence-electron chi connectivity index (χ1n) is 16.1. The zero-order valence-electron chi connectivity index (χ0n) is 27.8. The third kappa shape index (κ3) is 3.88. The van der Waals surface area contributed by atoms with Crippen LogP contribution < -0.4 is 4.57 Å². The Morgan fingerprint density at radius 1 is 0.651 bits per heavy atom. The van der Waals surface area contributed by atoms with Crippen LogP contribution in [0.1, 0.15) is 98.2 Å². The standard InChI is InChI=1S/C41H45N2/c1-21(2)29-18-31(22(3)4)37(32(19-29)23(5)6)30-17-28-12-13-42(11)41-36-27(10)25(8)16-34-33-15-24(7)14-26(9)39(33)43(40(34)36)35(20-30)38(28)41/h12-23H,1-11H3/q+1. The number of fused-ring (bicyclic) bond motifs is 5. The number of pyridine rings is 2. The fraction of sp³-hybridized carbons (Fsp3) is 0.341. The molecule has 0 unspecified atom stereocenters. The maximum atomic E-state index is 2.62. The van der Waals surface area contributed by atoms with Gasteiger partial charge in [0.1, 0.15) is 7.05 Å². The highest BCUT2D eigenvalue weighted by molar-refractivity contribution is 6.26. The van der Waals surface area contributed by atoms with E-state index in [4.69, 9.17) is 0 Å². The van der Waals surface area contributed by atoms with Gasteiger partial charge >= 0.3 is 0 Å². The van der Waals surface area contributed by atoms with Crippen molar-refractivity contribution in [1.82, 2.24) is 4.40 Å². The highest BCUT2D eigenvalue weighted by Gasteiger charge is 2.27. The number of rotatable bonds is 4. The predicted molar refractivity (Wildman–Crippen MR) is 186 cm³/mol. The second-order valence-corrected chi connectivity index (χ2v) is 14.2. The maximum absolute atomic E-state index is 2.62. The minimum atomic E-state index is 0.429. The lowest BCUT2D eigenvalue weighted by Crippen LogP contribution is -2.29. The molecule has 0 amide bonds. The Labute approximate surface area is 256 Å². The van der Waals surface area contributed by atoms with Crippen molar-refractivity contribution in [2.24, 2.45) is 7.05 Å². The van der Waals surface area contributed by atoms with Gasteiger partial charge in [0.05, 0.1) is 27.3 Å². The van der Waals surface area contributed by atoms with Gasteiger partial charge in [-0.05, 0) is 120 Å². The second kappa shape index (κ2) is 9.55. The van der Waals surface area contributed by atoms with Gasteiger partial charge in [0.2, 0.25) is 5.52 Å². The molecule has 0 aliphatic heterocycles. The van der Waals surface area contributed by atoms with Crippen LogP contribution in [0.4, 0.5) is 0 Å². The topological polar surface area (TPSA) is 8.29 Å². The molecule has 0 spiro atoms. The molecule has 0 aliphatic carbocycles. The van der Waals surface area contributed by atoms with Crippen LogP contribution in [0.15, 0.2) is 54.7 Å². The van der Waals surface area contributed by atoms with Crippen LogP contribution in [-0.4, -0.2) is 4.40 Å². The number of aryl methyl sites for hydroxylation is 5. The fourth-order valence-corrected chi connectivity index (χ4v) is 7.84. The van der Waals surface area contributed by atoms with E-state index in [0.717, 1.165) is 0 Å². The fourth-order valence-electron chi connectivity index (χ4n) is 7.84. The van der Waals surface area contributed by atoms with Gasteiger partial charge in [-0.3, -0.25) is 0 Å². The average Bonchev–Trinajstić information content (AvgIpc) is 3.27. The average molecular weight is 566 g/mol. The van der Waals surface area contributed by atoms with Crippen LogP contribution in [0.2, 0.25) is 0 Å². The van der Waals surface area contributed by atoms with Gasteiger partial charge in [-0.15, -0.1) is 0 Å². The summed E-state index contributed by atoms with van der Waals surface area (Å²) in [5.41, 5.74) is 17.8. The molecule has 3 heterocycles. The van der Waals surface area contributed by atoms with Crippen molar-refractivity contribution >= 4 is 49.0 Å². The van der Waals surface area contributed by atoms with Gasteiger partial charge in [0, 0.05) is 16.8 Å². The summed E-state index contributed by atoms with van der Waals surface area (Å²) in [6, 6.07) is 19.5. The van der Waals surface area contributed by atoms with Gasteiger partial charge in [-0.1, -0.05) is 65.3 Å². The molecule has 0 saturated heterocycles. The van der Waals surface area contributed by atoms with E-state index < -0.39 is 0 Å². The third-order valence-corrected chi connectivity index (χ3v) is 10.1. The van der Waals surface area contributed by atoms with Crippen LogP contribution in [-0.2, 0) is 7.05 Å². The Morgan fingerprint density at radius 3 is 1.93 bits per heavy atom. The van der Waals surface area contributed by atoms with Gasteiger partial charge in [-0.2, -0.15) is 0 Å². The summed E-state index contributed by atoms with van der Waals surface area (Å²) in [5.74, 6) is 1.36. The molecule has 0 aliphatic rings. The molecule has 0 fully saturated rings. The summed E-state index contributed by atoms with van der Waals surface area (Å²) in [4.78, 5) is 0.